The zero-order valence-electron chi connectivity index (χ0n) is 9.61. The zero-order valence-corrected chi connectivity index (χ0v) is 9.61. The summed E-state index contributed by atoms with van der Waals surface area (Å²) in [6.45, 7) is 4.82. The summed E-state index contributed by atoms with van der Waals surface area (Å²) in [7, 11) is 0. The lowest BCUT2D eigenvalue weighted by Crippen LogP contribution is -2.26. The molecule has 0 saturated carbocycles. The van der Waals surface area contributed by atoms with Gasteiger partial charge in [-0.3, -0.25) is 4.79 Å². The molecule has 0 unspecified atom stereocenters. The molecule has 0 aliphatic heterocycles. The van der Waals surface area contributed by atoms with Crippen LogP contribution >= 0.6 is 0 Å². The molecule has 0 aromatic heterocycles. The van der Waals surface area contributed by atoms with Crippen LogP contribution in [0.4, 0.5) is 0 Å². The van der Waals surface area contributed by atoms with Gasteiger partial charge in [0.15, 0.2) is 11.5 Å². The zero-order chi connectivity index (χ0) is 12.5. The molecule has 1 aromatic rings. The van der Waals surface area contributed by atoms with Gasteiger partial charge in [-0.1, -0.05) is 12.1 Å². The molecule has 0 amide bonds. The van der Waals surface area contributed by atoms with Crippen molar-refractivity contribution in [2.75, 3.05) is 0 Å². The molecule has 4 nitrogen and oxygen atoms in total. The number of hydrogen-bond donors (Lipinski definition) is 3. The molecule has 4 heteroatoms. The number of rotatable bonds is 3. The summed E-state index contributed by atoms with van der Waals surface area (Å²) in [5.74, 6) is -1.35. The normalized spacial score (nSPS) is 11.4. The van der Waals surface area contributed by atoms with Gasteiger partial charge in [0.2, 0.25) is 0 Å². The molecule has 0 atom stereocenters. The van der Waals surface area contributed by atoms with Crippen molar-refractivity contribution in [1.29, 1.82) is 0 Å². The molecule has 0 fully saturated rings. The van der Waals surface area contributed by atoms with Crippen LogP contribution in [0.3, 0.4) is 0 Å². The second-order valence-corrected chi connectivity index (χ2v) is 4.60. The second kappa shape index (κ2) is 4.04. The summed E-state index contributed by atoms with van der Waals surface area (Å²) in [5, 5.41) is 28.2. The minimum Gasteiger partial charge on any atom is -0.504 e. The van der Waals surface area contributed by atoms with Gasteiger partial charge in [-0.2, -0.15) is 0 Å². The third-order valence-corrected chi connectivity index (χ3v) is 2.65. The Morgan fingerprint density at radius 1 is 1.25 bits per heavy atom. The molecular weight excluding hydrogens is 208 g/mol. The number of benzene rings is 1. The predicted octanol–water partition coefficient (Wildman–Crippen LogP) is 2.06. The van der Waals surface area contributed by atoms with Crippen LogP contribution in [0.2, 0.25) is 0 Å². The molecule has 16 heavy (non-hydrogen) atoms. The largest absolute Gasteiger partial charge is 0.504 e. The van der Waals surface area contributed by atoms with Crippen LogP contribution in [0.5, 0.6) is 11.5 Å². The number of aliphatic carboxylic acids is 1. The molecule has 0 bridgehead atoms. The van der Waals surface area contributed by atoms with Gasteiger partial charge in [0.05, 0.1) is 5.41 Å². The highest BCUT2D eigenvalue weighted by atomic mass is 16.4. The molecule has 0 spiro atoms. The van der Waals surface area contributed by atoms with E-state index in [4.69, 9.17) is 5.11 Å². The molecule has 0 radical (unpaired) electrons. The average molecular weight is 224 g/mol. The topological polar surface area (TPSA) is 77.8 Å². The minimum absolute atomic E-state index is 0.169. The van der Waals surface area contributed by atoms with Crippen molar-refractivity contribution in [1.82, 2.24) is 0 Å². The first-order chi connectivity index (χ1) is 7.25. The fourth-order valence-corrected chi connectivity index (χ4v) is 1.42. The third-order valence-electron chi connectivity index (χ3n) is 2.65. The molecule has 0 aliphatic rings. The van der Waals surface area contributed by atoms with E-state index in [0.717, 1.165) is 0 Å². The Kier molecular flexibility index (Phi) is 3.12. The van der Waals surface area contributed by atoms with E-state index < -0.39 is 11.4 Å². The molecule has 0 saturated heterocycles. The Bertz CT molecular complexity index is 421. The Labute approximate surface area is 94.2 Å². The summed E-state index contributed by atoms with van der Waals surface area (Å²) in [5.41, 5.74) is 0.0315. The number of hydrogen-bond acceptors (Lipinski definition) is 3. The number of carboxylic acid groups (broad SMARTS) is 1. The summed E-state index contributed by atoms with van der Waals surface area (Å²) < 4.78 is 0. The highest BCUT2D eigenvalue weighted by Crippen LogP contribution is 2.35. The minimum atomic E-state index is -0.973. The lowest BCUT2D eigenvalue weighted by atomic mass is 9.85. The molecule has 88 valence electrons. The fourth-order valence-electron chi connectivity index (χ4n) is 1.42. The average Bonchev–Trinajstić information content (AvgIpc) is 2.19. The van der Waals surface area contributed by atoms with Gasteiger partial charge in [0.1, 0.15) is 0 Å². The summed E-state index contributed by atoms with van der Waals surface area (Å²) in [6, 6.07) is 3.29. The quantitative estimate of drug-likeness (QED) is 0.687. The maximum atomic E-state index is 10.9. The number of aryl methyl sites for hydroxylation is 1. The van der Waals surface area contributed by atoms with E-state index in [2.05, 4.69) is 0 Å². The van der Waals surface area contributed by atoms with E-state index in [9.17, 15) is 15.0 Å². The van der Waals surface area contributed by atoms with Crippen molar-refractivity contribution < 1.29 is 20.1 Å². The van der Waals surface area contributed by atoms with Crippen molar-refractivity contribution in [2.45, 2.75) is 27.2 Å². The summed E-state index contributed by atoms with van der Waals surface area (Å²) >= 11 is 0. The van der Waals surface area contributed by atoms with Crippen LogP contribution in [-0.4, -0.2) is 21.3 Å². The number of phenolic OH excluding ortho intramolecular Hbond substituents is 2. The first kappa shape index (κ1) is 12.4. The summed E-state index contributed by atoms with van der Waals surface area (Å²) in [4.78, 5) is 10.9. The SMILES string of the molecule is Cc1ccc(CC(C)(C)C(=O)O)c(O)c1O. The van der Waals surface area contributed by atoms with Crippen molar-refractivity contribution in [3.05, 3.63) is 23.3 Å². The maximum Gasteiger partial charge on any atom is 0.309 e. The number of carboxylic acids is 1. The van der Waals surface area contributed by atoms with E-state index in [-0.39, 0.29) is 17.9 Å². The molecular formula is C12H16O4. The molecule has 1 rings (SSSR count). The second-order valence-electron chi connectivity index (χ2n) is 4.60. The van der Waals surface area contributed by atoms with Crippen molar-refractivity contribution >= 4 is 5.97 Å². The Morgan fingerprint density at radius 3 is 2.31 bits per heavy atom. The Balaban J connectivity index is 3.08. The third kappa shape index (κ3) is 2.27. The standard InChI is InChI=1S/C12H16O4/c1-7-4-5-8(10(14)9(7)13)6-12(2,3)11(15)16/h4-5,13-14H,6H2,1-3H3,(H,15,16). The van der Waals surface area contributed by atoms with Crippen LogP contribution in [0, 0.1) is 12.3 Å². The maximum absolute atomic E-state index is 10.9. The van der Waals surface area contributed by atoms with Crippen LogP contribution < -0.4 is 0 Å². The lowest BCUT2D eigenvalue weighted by Gasteiger charge is -2.20. The molecule has 0 aliphatic carbocycles. The number of carbonyl (C=O) groups is 1. The smallest absolute Gasteiger partial charge is 0.309 e. The molecule has 1 aromatic carbocycles. The van der Waals surface area contributed by atoms with E-state index in [1.165, 1.54) is 0 Å². The van der Waals surface area contributed by atoms with Gasteiger partial charge < -0.3 is 15.3 Å². The molecule has 3 N–H and O–H groups in total. The van der Waals surface area contributed by atoms with Gasteiger partial charge in [0, 0.05) is 0 Å². The summed E-state index contributed by atoms with van der Waals surface area (Å²) in [6.07, 6.45) is 0.169. The van der Waals surface area contributed by atoms with Crippen molar-refractivity contribution in [2.24, 2.45) is 5.41 Å². The first-order valence-electron chi connectivity index (χ1n) is 4.99. The van der Waals surface area contributed by atoms with E-state index in [0.29, 0.717) is 11.1 Å². The van der Waals surface area contributed by atoms with Crippen LogP contribution in [0.15, 0.2) is 12.1 Å². The van der Waals surface area contributed by atoms with Gasteiger partial charge in [0.25, 0.3) is 0 Å². The number of aromatic hydroxyl groups is 2. The van der Waals surface area contributed by atoms with E-state index >= 15 is 0 Å². The van der Waals surface area contributed by atoms with Gasteiger partial charge >= 0.3 is 5.97 Å². The Hall–Kier alpha value is -1.71. The lowest BCUT2D eigenvalue weighted by molar-refractivity contribution is -0.146. The van der Waals surface area contributed by atoms with Crippen LogP contribution in [0.25, 0.3) is 0 Å². The van der Waals surface area contributed by atoms with E-state index in [1.807, 2.05) is 0 Å². The highest BCUT2D eigenvalue weighted by Gasteiger charge is 2.29. The predicted molar refractivity (Wildman–Crippen MR) is 59.6 cm³/mol. The van der Waals surface area contributed by atoms with Gasteiger partial charge in [-0.25, -0.2) is 0 Å². The van der Waals surface area contributed by atoms with Gasteiger partial charge in [-0.05, 0) is 38.3 Å². The van der Waals surface area contributed by atoms with Crippen molar-refractivity contribution in [3.63, 3.8) is 0 Å². The first-order valence-corrected chi connectivity index (χ1v) is 4.99. The van der Waals surface area contributed by atoms with Crippen LogP contribution in [-0.2, 0) is 11.2 Å². The highest BCUT2D eigenvalue weighted by molar-refractivity contribution is 5.74. The monoisotopic (exact) mass is 224 g/mol. The van der Waals surface area contributed by atoms with Crippen LogP contribution in [0.1, 0.15) is 25.0 Å². The molecule has 0 heterocycles. The van der Waals surface area contributed by atoms with Gasteiger partial charge in [-0.15, -0.1) is 0 Å². The van der Waals surface area contributed by atoms with E-state index in [1.54, 1.807) is 32.9 Å². The Morgan fingerprint density at radius 2 is 1.81 bits per heavy atom. The fraction of sp³-hybridized carbons (Fsp3) is 0.417. The number of phenols is 2. The van der Waals surface area contributed by atoms with Crippen molar-refractivity contribution in [3.8, 4) is 11.5 Å².